The van der Waals surface area contributed by atoms with Crippen molar-refractivity contribution in [2.45, 2.75) is 35.6 Å². The maximum Gasteiger partial charge on any atom is 0.289 e. The lowest BCUT2D eigenvalue weighted by Gasteiger charge is -2.36. The molecule has 5 rings (SSSR count). The minimum absolute atomic E-state index is 0.00638. The number of hydrogen-bond acceptors (Lipinski definition) is 4. The zero-order chi connectivity index (χ0) is 19.5. The van der Waals surface area contributed by atoms with E-state index in [4.69, 9.17) is 0 Å². The highest BCUT2D eigenvalue weighted by Gasteiger charge is 2.70. The third kappa shape index (κ3) is 2.22. The molecule has 2 aromatic rings. The maximum absolute atomic E-state index is 13.4. The number of nitrogens with zero attached hydrogens (tertiary/aromatic N) is 2. The van der Waals surface area contributed by atoms with Gasteiger partial charge in [-0.05, 0) is 36.3 Å². The minimum atomic E-state index is -4.00. The molecule has 2 aliphatic carbocycles. The predicted octanol–water partition coefficient (Wildman–Crippen LogP) is 3.85. The highest BCUT2D eigenvalue weighted by molar-refractivity contribution is 7.89. The Hall–Kier alpha value is -2.67. The first-order valence-electron chi connectivity index (χ1n) is 9.49. The average Bonchev–Trinajstić information content (AvgIpc) is 3.40. The van der Waals surface area contributed by atoms with Gasteiger partial charge in [-0.2, -0.15) is 0 Å². The predicted molar refractivity (Wildman–Crippen MR) is 104 cm³/mol. The summed E-state index contributed by atoms with van der Waals surface area (Å²) in [6.07, 6.45) is 6.41. The summed E-state index contributed by atoms with van der Waals surface area (Å²) in [5.41, 5.74) is 0.886. The van der Waals surface area contributed by atoms with Crippen molar-refractivity contribution < 1.29 is 13.3 Å². The van der Waals surface area contributed by atoms with Gasteiger partial charge in [0.05, 0.1) is 4.92 Å². The standard InChI is InChI=1S/C21H20N2O4S/c24-23(25)17-9-4-5-11-19(17)28(26,27)22-14-12-16-20-18(22)10-6-13-21(16,20)15-7-2-1-3-8-15/h1-5,7-9,11-12,14,16,18,20H,6,10,13H2/t16-,18-,20-,21+/m0/s1. The van der Waals surface area contributed by atoms with E-state index in [1.807, 2.05) is 24.3 Å². The summed E-state index contributed by atoms with van der Waals surface area (Å²) in [7, 11) is -4.00. The molecule has 4 atom stereocenters. The zero-order valence-electron chi connectivity index (χ0n) is 15.1. The third-order valence-electron chi connectivity index (χ3n) is 6.67. The lowest BCUT2D eigenvalue weighted by atomic mass is 9.80. The summed E-state index contributed by atoms with van der Waals surface area (Å²) in [4.78, 5) is 10.5. The number of benzene rings is 2. The largest absolute Gasteiger partial charge is 0.289 e. The van der Waals surface area contributed by atoms with E-state index in [9.17, 15) is 18.5 Å². The van der Waals surface area contributed by atoms with Crippen LogP contribution in [0.5, 0.6) is 0 Å². The summed E-state index contributed by atoms with van der Waals surface area (Å²) >= 11 is 0. The van der Waals surface area contributed by atoms with Gasteiger partial charge in [-0.3, -0.25) is 14.4 Å². The average molecular weight is 396 g/mol. The first-order chi connectivity index (χ1) is 13.5. The fourth-order valence-corrected chi connectivity index (χ4v) is 7.25. The number of para-hydroxylation sites is 1. The first-order valence-corrected chi connectivity index (χ1v) is 10.9. The molecule has 0 amide bonds. The number of allylic oxidation sites excluding steroid dienone is 1. The lowest BCUT2D eigenvalue weighted by molar-refractivity contribution is -0.387. The van der Waals surface area contributed by atoms with E-state index in [2.05, 4.69) is 12.1 Å². The van der Waals surface area contributed by atoms with Gasteiger partial charge in [-0.25, -0.2) is 8.42 Å². The second-order valence-electron chi connectivity index (χ2n) is 7.82. The second kappa shape index (κ2) is 5.91. The summed E-state index contributed by atoms with van der Waals surface area (Å²) in [5.74, 6) is 0.561. The molecule has 0 unspecified atom stereocenters. The molecule has 1 aliphatic heterocycles. The second-order valence-corrected chi connectivity index (χ2v) is 9.63. The molecule has 6 nitrogen and oxygen atoms in total. The number of fused-ring (bicyclic) bond motifs is 1. The van der Waals surface area contributed by atoms with Gasteiger partial charge >= 0.3 is 0 Å². The molecule has 2 fully saturated rings. The quantitative estimate of drug-likeness (QED) is 0.581. The van der Waals surface area contributed by atoms with Crippen LogP contribution in [0.15, 0.2) is 71.8 Å². The Balaban J connectivity index is 1.56. The van der Waals surface area contributed by atoms with Crippen molar-refractivity contribution in [1.82, 2.24) is 4.31 Å². The van der Waals surface area contributed by atoms with Crippen LogP contribution in [0.2, 0.25) is 0 Å². The van der Waals surface area contributed by atoms with Crippen molar-refractivity contribution in [1.29, 1.82) is 0 Å². The van der Waals surface area contributed by atoms with E-state index in [0.717, 1.165) is 19.3 Å². The Kier molecular flexibility index (Phi) is 3.68. The maximum atomic E-state index is 13.4. The smallest absolute Gasteiger partial charge is 0.270 e. The number of hydrogen-bond donors (Lipinski definition) is 0. The number of nitro benzene ring substituents is 1. The van der Waals surface area contributed by atoms with Crippen LogP contribution in [0.25, 0.3) is 0 Å². The number of nitro groups is 1. The van der Waals surface area contributed by atoms with Crippen molar-refractivity contribution in [2.75, 3.05) is 0 Å². The fourth-order valence-electron chi connectivity index (χ4n) is 5.54. The van der Waals surface area contributed by atoms with Crippen molar-refractivity contribution in [3.8, 4) is 0 Å². The molecule has 144 valence electrons. The fraction of sp³-hybridized carbons (Fsp3) is 0.333. The molecule has 0 radical (unpaired) electrons. The van der Waals surface area contributed by atoms with Crippen LogP contribution in [-0.2, 0) is 15.4 Å². The molecule has 2 saturated carbocycles. The van der Waals surface area contributed by atoms with Gasteiger partial charge in [0.1, 0.15) is 0 Å². The topological polar surface area (TPSA) is 80.5 Å². The molecule has 28 heavy (non-hydrogen) atoms. The molecule has 0 bridgehead atoms. The van der Waals surface area contributed by atoms with Gasteiger partial charge in [-0.15, -0.1) is 0 Å². The third-order valence-corrected chi connectivity index (χ3v) is 8.52. The van der Waals surface area contributed by atoms with Crippen LogP contribution in [0.3, 0.4) is 0 Å². The Morgan fingerprint density at radius 3 is 2.54 bits per heavy atom. The van der Waals surface area contributed by atoms with Gasteiger partial charge in [0.25, 0.3) is 15.7 Å². The van der Waals surface area contributed by atoms with Gasteiger partial charge < -0.3 is 0 Å². The summed E-state index contributed by atoms with van der Waals surface area (Å²) in [6, 6.07) is 15.8. The minimum Gasteiger partial charge on any atom is -0.270 e. The van der Waals surface area contributed by atoms with E-state index in [1.54, 1.807) is 6.20 Å². The molecule has 0 spiro atoms. The summed E-state index contributed by atoms with van der Waals surface area (Å²) < 4.78 is 28.2. The molecular formula is C21H20N2O4S. The van der Waals surface area contributed by atoms with E-state index in [-0.39, 0.29) is 28.0 Å². The molecule has 3 aliphatic rings. The monoisotopic (exact) mass is 396 g/mol. The Bertz CT molecular complexity index is 1080. The highest BCUT2D eigenvalue weighted by Crippen LogP contribution is 2.70. The zero-order valence-corrected chi connectivity index (χ0v) is 16.0. The van der Waals surface area contributed by atoms with E-state index < -0.39 is 14.9 Å². The molecule has 0 N–H and O–H groups in total. The van der Waals surface area contributed by atoms with Gasteiger partial charge in [0.2, 0.25) is 0 Å². The SMILES string of the molecule is O=[N+]([O-])c1ccccc1S(=O)(=O)N1C=C[C@H]2[C@H]3[C@@H]1CCC[C@]32c1ccccc1. The molecule has 7 heteroatoms. The molecule has 0 aromatic heterocycles. The molecule has 2 aromatic carbocycles. The summed E-state index contributed by atoms with van der Waals surface area (Å²) in [6.45, 7) is 0. The van der Waals surface area contributed by atoms with Crippen molar-refractivity contribution in [3.63, 3.8) is 0 Å². The number of rotatable bonds is 4. The van der Waals surface area contributed by atoms with Crippen LogP contribution in [0, 0.1) is 22.0 Å². The lowest BCUT2D eigenvalue weighted by Crippen LogP contribution is -2.42. The van der Waals surface area contributed by atoms with Crippen LogP contribution in [0.1, 0.15) is 24.8 Å². The van der Waals surface area contributed by atoms with Crippen molar-refractivity contribution >= 4 is 15.7 Å². The normalized spacial score (nSPS) is 30.6. The first kappa shape index (κ1) is 17.4. The van der Waals surface area contributed by atoms with Gasteiger partial charge in [0.15, 0.2) is 4.90 Å². The van der Waals surface area contributed by atoms with Crippen LogP contribution in [-0.4, -0.2) is 23.7 Å². The van der Waals surface area contributed by atoms with Crippen LogP contribution < -0.4 is 0 Å². The van der Waals surface area contributed by atoms with Crippen molar-refractivity contribution in [3.05, 3.63) is 82.6 Å². The van der Waals surface area contributed by atoms with E-state index in [0.29, 0.717) is 5.92 Å². The Morgan fingerprint density at radius 1 is 1.07 bits per heavy atom. The molecule has 0 saturated heterocycles. The molecular weight excluding hydrogens is 376 g/mol. The van der Waals surface area contributed by atoms with Gasteiger partial charge in [-0.1, -0.05) is 55.0 Å². The van der Waals surface area contributed by atoms with E-state index in [1.165, 1.54) is 34.1 Å². The van der Waals surface area contributed by atoms with Gasteiger partial charge in [0, 0.05) is 23.7 Å². The Morgan fingerprint density at radius 2 is 1.79 bits per heavy atom. The molecule has 1 heterocycles. The summed E-state index contributed by atoms with van der Waals surface area (Å²) in [5, 5.41) is 11.4. The van der Waals surface area contributed by atoms with E-state index >= 15 is 0 Å². The van der Waals surface area contributed by atoms with Crippen molar-refractivity contribution in [2.24, 2.45) is 11.8 Å². The van der Waals surface area contributed by atoms with Crippen LogP contribution in [0.4, 0.5) is 5.69 Å². The Labute approximate surface area is 163 Å². The van der Waals surface area contributed by atoms with Crippen LogP contribution >= 0.6 is 0 Å². The number of sulfonamides is 1. The highest BCUT2D eigenvalue weighted by atomic mass is 32.2.